The van der Waals surface area contributed by atoms with E-state index in [0.29, 0.717) is 0 Å². The Bertz CT molecular complexity index is 856. The van der Waals surface area contributed by atoms with Crippen LogP contribution in [0.15, 0.2) is 36.5 Å². The number of carbonyl (C=O) groups is 3. The highest BCUT2D eigenvalue weighted by molar-refractivity contribution is 7.15. The van der Waals surface area contributed by atoms with E-state index in [9.17, 15) is 14.4 Å². The Morgan fingerprint density at radius 1 is 1.11 bits per heavy atom. The lowest BCUT2D eigenvalue weighted by atomic mass is 9.81. The van der Waals surface area contributed by atoms with Gasteiger partial charge in [0.25, 0.3) is 0 Å². The lowest BCUT2D eigenvalue weighted by molar-refractivity contribution is -0.146. The zero-order valence-electron chi connectivity index (χ0n) is 15.5. The van der Waals surface area contributed by atoms with Crippen molar-refractivity contribution < 1.29 is 19.1 Å². The van der Waals surface area contributed by atoms with Crippen molar-refractivity contribution in [3.05, 3.63) is 41.4 Å². The average Bonchev–Trinajstić information content (AvgIpc) is 3.30. The molecule has 0 bridgehead atoms. The summed E-state index contributed by atoms with van der Waals surface area (Å²) in [6.45, 7) is 0.262. The van der Waals surface area contributed by atoms with E-state index in [4.69, 9.17) is 4.74 Å². The van der Waals surface area contributed by atoms with Crippen molar-refractivity contribution in [3.8, 4) is 10.6 Å². The van der Waals surface area contributed by atoms with E-state index in [2.05, 4.69) is 4.98 Å². The number of imide groups is 1. The van der Waals surface area contributed by atoms with Gasteiger partial charge in [-0.05, 0) is 12.8 Å². The molecular weight excluding hydrogens is 376 g/mol. The maximum absolute atomic E-state index is 12.4. The Balaban J connectivity index is 1.27. The smallest absolute Gasteiger partial charge is 0.307 e. The molecule has 1 aliphatic carbocycles. The fourth-order valence-corrected chi connectivity index (χ4v) is 4.80. The van der Waals surface area contributed by atoms with Crippen LogP contribution in [0.2, 0.25) is 0 Å². The van der Waals surface area contributed by atoms with Gasteiger partial charge < -0.3 is 4.74 Å². The quantitative estimate of drug-likeness (QED) is 0.550. The number of hydrogen-bond acceptors (Lipinski definition) is 6. The first-order valence-corrected chi connectivity index (χ1v) is 10.5. The number of nitrogens with zero attached hydrogens (tertiary/aromatic N) is 2. The Morgan fingerprint density at radius 3 is 2.46 bits per heavy atom. The molecule has 6 nitrogen and oxygen atoms in total. The summed E-state index contributed by atoms with van der Waals surface area (Å²) < 4.78 is 5.31. The summed E-state index contributed by atoms with van der Waals surface area (Å²) >= 11 is 1.48. The molecule has 2 fully saturated rings. The molecule has 0 radical (unpaired) electrons. The molecule has 1 aliphatic heterocycles. The van der Waals surface area contributed by atoms with Crippen LogP contribution in [0.5, 0.6) is 0 Å². The van der Waals surface area contributed by atoms with E-state index in [1.807, 2.05) is 30.3 Å². The summed E-state index contributed by atoms with van der Waals surface area (Å²) in [5.41, 5.74) is 1.03. The molecule has 4 rings (SSSR count). The molecule has 1 aromatic heterocycles. The van der Waals surface area contributed by atoms with Gasteiger partial charge in [-0.25, -0.2) is 4.98 Å². The molecule has 1 saturated carbocycles. The topological polar surface area (TPSA) is 76.6 Å². The van der Waals surface area contributed by atoms with E-state index in [1.165, 1.54) is 16.2 Å². The van der Waals surface area contributed by atoms with Gasteiger partial charge in [0.05, 0.1) is 23.1 Å². The lowest BCUT2D eigenvalue weighted by Crippen LogP contribution is -2.33. The van der Waals surface area contributed by atoms with Crippen LogP contribution in [0, 0.1) is 11.8 Å². The number of rotatable bonds is 6. The van der Waals surface area contributed by atoms with Crippen LogP contribution < -0.4 is 0 Å². The third kappa shape index (κ3) is 3.85. The maximum Gasteiger partial charge on any atom is 0.307 e. The molecule has 2 amide bonds. The molecular formula is C21H22N2O4S. The van der Waals surface area contributed by atoms with Gasteiger partial charge in [0, 0.05) is 18.3 Å². The highest BCUT2D eigenvalue weighted by Gasteiger charge is 2.47. The second kappa shape index (κ2) is 8.22. The zero-order valence-corrected chi connectivity index (χ0v) is 16.3. The van der Waals surface area contributed by atoms with Crippen molar-refractivity contribution in [2.75, 3.05) is 6.54 Å². The highest BCUT2D eigenvalue weighted by atomic mass is 32.1. The fraction of sp³-hybridized carbons (Fsp3) is 0.429. The Morgan fingerprint density at radius 2 is 1.79 bits per heavy atom. The van der Waals surface area contributed by atoms with Gasteiger partial charge >= 0.3 is 5.97 Å². The molecule has 2 aliphatic rings. The summed E-state index contributed by atoms with van der Waals surface area (Å²) in [5, 5.41) is 0.877. The molecule has 2 unspecified atom stereocenters. The minimum atomic E-state index is -0.412. The summed E-state index contributed by atoms with van der Waals surface area (Å²) in [7, 11) is 0. The number of ether oxygens (including phenoxy) is 1. The fourth-order valence-electron chi connectivity index (χ4n) is 3.97. The third-order valence-corrected chi connectivity index (χ3v) is 6.44. The molecule has 146 valence electrons. The monoisotopic (exact) mass is 398 g/mol. The predicted octanol–water partition coefficient (Wildman–Crippen LogP) is 3.42. The molecule has 0 spiro atoms. The molecule has 2 heterocycles. The number of amides is 2. The number of thiazole rings is 1. The number of likely N-dealkylation sites (tertiary alicyclic amines) is 1. The molecule has 7 heteroatoms. The van der Waals surface area contributed by atoms with Gasteiger partial charge in [-0.3, -0.25) is 19.3 Å². The van der Waals surface area contributed by atoms with E-state index in [-0.39, 0.29) is 43.2 Å². The molecule has 1 aromatic carbocycles. The second-order valence-corrected chi connectivity index (χ2v) is 8.35. The molecule has 2 aromatic rings. The minimum Gasteiger partial charge on any atom is -0.460 e. The van der Waals surface area contributed by atoms with Gasteiger partial charge in [-0.2, -0.15) is 0 Å². The van der Waals surface area contributed by atoms with Crippen LogP contribution in [0.4, 0.5) is 0 Å². The molecule has 2 atom stereocenters. The van der Waals surface area contributed by atoms with Gasteiger partial charge in [-0.1, -0.05) is 43.2 Å². The summed E-state index contributed by atoms with van der Waals surface area (Å²) in [6.07, 6.45) is 5.29. The number of esters is 1. The van der Waals surface area contributed by atoms with Crippen molar-refractivity contribution in [1.29, 1.82) is 0 Å². The zero-order chi connectivity index (χ0) is 19.5. The number of fused-ring (bicyclic) bond motifs is 1. The summed E-state index contributed by atoms with van der Waals surface area (Å²) in [6, 6.07) is 9.82. The lowest BCUT2D eigenvalue weighted by Gasteiger charge is -2.19. The van der Waals surface area contributed by atoms with Crippen molar-refractivity contribution in [3.63, 3.8) is 0 Å². The standard InChI is InChI=1S/C21H22N2O4S/c24-18(10-11-23-20(25)16-8-4-5-9-17(16)21(23)26)27-13-15-12-22-19(28-15)14-6-2-1-3-7-14/h1-3,6-7,12,16-17H,4-5,8-11,13H2. The largest absolute Gasteiger partial charge is 0.460 e. The van der Waals surface area contributed by atoms with Crippen molar-refractivity contribution >= 4 is 29.1 Å². The van der Waals surface area contributed by atoms with Gasteiger partial charge in [0.2, 0.25) is 11.8 Å². The van der Waals surface area contributed by atoms with Crippen LogP contribution in [0.25, 0.3) is 10.6 Å². The van der Waals surface area contributed by atoms with E-state index in [0.717, 1.165) is 41.1 Å². The van der Waals surface area contributed by atoms with E-state index in [1.54, 1.807) is 6.20 Å². The van der Waals surface area contributed by atoms with Crippen LogP contribution >= 0.6 is 11.3 Å². The van der Waals surface area contributed by atoms with Crippen molar-refractivity contribution in [2.24, 2.45) is 11.8 Å². The van der Waals surface area contributed by atoms with Crippen LogP contribution in [-0.2, 0) is 25.7 Å². The van der Waals surface area contributed by atoms with Crippen LogP contribution in [0.3, 0.4) is 0 Å². The SMILES string of the molecule is O=C(CCN1C(=O)C2CCCCC2C1=O)OCc1cnc(-c2ccccc2)s1. The van der Waals surface area contributed by atoms with E-state index >= 15 is 0 Å². The first-order chi connectivity index (χ1) is 13.6. The van der Waals surface area contributed by atoms with Gasteiger partial charge in [0.1, 0.15) is 11.6 Å². The average molecular weight is 398 g/mol. The Kier molecular flexibility index (Phi) is 5.52. The Labute approximate surface area is 167 Å². The third-order valence-electron chi connectivity index (χ3n) is 5.42. The second-order valence-electron chi connectivity index (χ2n) is 7.23. The molecule has 0 N–H and O–H groups in total. The number of carbonyl (C=O) groups excluding carboxylic acids is 3. The number of aromatic nitrogens is 1. The number of benzene rings is 1. The van der Waals surface area contributed by atoms with Crippen LogP contribution in [-0.4, -0.2) is 34.2 Å². The minimum absolute atomic E-state index is 0.0290. The summed E-state index contributed by atoms with van der Waals surface area (Å²) in [5.74, 6) is -0.989. The van der Waals surface area contributed by atoms with E-state index < -0.39 is 5.97 Å². The molecule has 1 saturated heterocycles. The van der Waals surface area contributed by atoms with Gasteiger partial charge in [-0.15, -0.1) is 11.3 Å². The van der Waals surface area contributed by atoms with Crippen LogP contribution in [0.1, 0.15) is 37.0 Å². The first-order valence-electron chi connectivity index (χ1n) is 9.64. The predicted molar refractivity (Wildman–Crippen MR) is 104 cm³/mol. The summed E-state index contributed by atoms with van der Waals surface area (Å²) in [4.78, 5) is 43.4. The normalized spacial score (nSPS) is 21.6. The Hall–Kier alpha value is -2.54. The first kappa shape index (κ1) is 18.8. The van der Waals surface area contributed by atoms with Crippen molar-refractivity contribution in [2.45, 2.75) is 38.7 Å². The molecule has 28 heavy (non-hydrogen) atoms. The number of hydrogen-bond donors (Lipinski definition) is 0. The highest BCUT2D eigenvalue weighted by Crippen LogP contribution is 2.38. The van der Waals surface area contributed by atoms with Crippen molar-refractivity contribution in [1.82, 2.24) is 9.88 Å². The van der Waals surface area contributed by atoms with Gasteiger partial charge in [0.15, 0.2) is 0 Å². The maximum atomic E-state index is 12.4.